The Morgan fingerprint density at radius 1 is 0.275 bits per heavy atom. The van der Waals surface area contributed by atoms with Crippen molar-refractivity contribution in [1.82, 2.24) is 0 Å². The van der Waals surface area contributed by atoms with E-state index in [4.69, 9.17) is 37.9 Å². The maximum Gasteiger partial charge on any atom is 0.169 e. The second-order valence-electron chi connectivity index (χ2n) is 9.32. The van der Waals surface area contributed by atoms with Gasteiger partial charge >= 0.3 is 0 Å². The first-order chi connectivity index (χ1) is 19.5. The number of hydrogen-bond acceptors (Lipinski definition) is 8. The fourth-order valence-electron chi connectivity index (χ4n) is 6.06. The summed E-state index contributed by atoms with van der Waals surface area (Å²) in [6.07, 6.45) is 0. The van der Waals surface area contributed by atoms with Gasteiger partial charge in [0.15, 0.2) is 46.0 Å². The van der Waals surface area contributed by atoms with Crippen molar-refractivity contribution in [3.05, 3.63) is 36.4 Å². The van der Waals surface area contributed by atoms with Gasteiger partial charge in [0, 0.05) is 21.5 Å². The average Bonchev–Trinajstić information content (AvgIpc) is 3.01. The summed E-state index contributed by atoms with van der Waals surface area (Å²) in [6, 6.07) is 12.0. The molecule has 0 aliphatic carbocycles. The van der Waals surface area contributed by atoms with Crippen molar-refractivity contribution in [3.63, 3.8) is 0 Å². The molecule has 0 atom stereocenters. The molecule has 6 aromatic rings. The first-order valence-electron chi connectivity index (χ1n) is 12.6. The van der Waals surface area contributed by atoms with E-state index in [0.29, 0.717) is 46.0 Å². The Kier molecular flexibility index (Phi) is 6.06. The van der Waals surface area contributed by atoms with Crippen LogP contribution in [0.2, 0.25) is 0 Å². The van der Waals surface area contributed by atoms with Crippen molar-refractivity contribution >= 4 is 53.9 Å². The molecule has 0 aromatic heterocycles. The third-order valence-electron chi connectivity index (χ3n) is 7.76. The van der Waals surface area contributed by atoms with Crippen molar-refractivity contribution in [2.75, 3.05) is 56.9 Å². The minimum atomic E-state index is 0.591. The Bertz CT molecular complexity index is 1800. The molecule has 0 saturated carbocycles. The molecule has 8 heteroatoms. The molecule has 0 aliphatic rings. The van der Waals surface area contributed by atoms with Crippen LogP contribution < -0.4 is 37.9 Å². The Morgan fingerprint density at radius 2 is 0.525 bits per heavy atom. The van der Waals surface area contributed by atoms with E-state index in [0.717, 1.165) is 53.9 Å². The van der Waals surface area contributed by atoms with E-state index in [9.17, 15) is 0 Å². The molecule has 8 nitrogen and oxygen atoms in total. The second kappa shape index (κ2) is 9.48. The Morgan fingerprint density at radius 3 is 0.800 bits per heavy atom. The molecule has 0 N–H and O–H groups in total. The van der Waals surface area contributed by atoms with Crippen LogP contribution in [0, 0.1) is 0 Å². The fourth-order valence-corrected chi connectivity index (χ4v) is 6.06. The molecule has 0 saturated heterocycles. The first kappa shape index (κ1) is 25.6. The summed E-state index contributed by atoms with van der Waals surface area (Å²) in [5, 5.41) is 9.37. The maximum absolute atomic E-state index is 6.03. The zero-order chi connectivity index (χ0) is 28.3. The first-order valence-corrected chi connectivity index (χ1v) is 12.6. The lowest BCUT2D eigenvalue weighted by atomic mass is 9.84. The normalized spacial score (nSPS) is 11.5. The molecule has 0 heterocycles. The maximum atomic E-state index is 6.03. The number of rotatable bonds is 8. The summed E-state index contributed by atoms with van der Waals surface area (Å²) in [5.41, 5.74) is 0. The van der Waals surface area contributed by atoms with Crippen LogP contribution >= 0.6 is 0 Å². The highest BCUT2D eigenvalue weighted by molar-refractivity contribution is 6.42. The van der Waals surface area contributed by atoms with Gasteiger partial charge in [-0.2, -0.15) is 0 Å². The highest BCUT2D eigenvalue weighted by atomic mass is 16.5. The molecule has 206 valence electrons. The zero-order valence-electron chi connectivity index (χ0n) is 23.7. The monoisotopic (exact) mass is 542 g/mol. The molecule has 0 bridgehead atoms. The van der Waals surface area contributed by atoms with Crippen LogP contribution in [0.1, 0.15) is 0 Å². The van der Waals surface area contributed by atoms with E-state index in [-0.39, 0.29) is 0 Å². The summed E-state index contributed by atoms with van der Waals surface area (Å²) in [7, 11) is 13.1. The third-order valence-corrected chi connectivity index (χ3v) is 7.76. The van der Waals surface area contributed by atoms with Gasteiger partial charge in [0.2, 0.25) is 0 Å². The molecule has 0 spiro atoms. The van der Waals surface area contributed by atoms with E-state index in [1.54, 1.807) is 56.9 Å². The van der Waals surface area contributed by atoms with Gasteiger partial charge in [-0.25, -0.2) is 0 Å². The van der Waals surface area contributed by atoms with Crippen LogP contribution in [0.5, 0.6) is 46.0 Å². The third kappa shape index (κ3) is 3.25. The summed E-state index contributed by atoms with van der Waals surface area (Å²) in [4.78, 5) is 0. The van der Waals surface area contributed by atoms with Crippen molar-refractivity contribution in [2.24, 2.45) is 0 Å². The zero-order valence-corrected chi connectivity index (χ0v) is 23.7. The quantitative estimate of drug-likeness (QED) is 0.151. The summed E-state index contributed by atoms with van der Waals surface area (Å²) >= 11 is 0. The van der Waals surface area contributed by atoms with Crippen LogP contribution in [0.4, 0.5) is 0 Å². The highest BCUT2D eigenvalue weighted by Gasteiger charge is 2.28. The van der Waals surface area contributed by atoms with Gasteiger partial charge in [-0.05, 0) is 68.7 Å². The fraction of sp³-hybridized carbons (Fsp3) is 0.250. The van der Waals surface area contributed by atoms with Gasteiger partial charge in [-0.1, -0.05) is 0 Å². The van der Waals surface area contributed by atoms with Crippen LogP contribution in [-0.2, 0) is 0 Å². The molecule has 0 aliphatic heterocycles. The average molecular weight is 543 g/mol. The molecule has 0 unspecified atom stereocenters. The summed E-state index contributed by atoms with van der Waals surface area (Å²) in [6.45, 7) is 0. The minimum absolute atomic E-state index is 0.591. The van der Waals surface area contributed by atoms with E-state index in [1.807, 2.05) is 36.4 Å². The van der Waals surface area contributed by atoms with E-state index in [2.05, 4.69) is 0 Å². The van der Waals surface area contributed by atoms with E-state index < -0.39 is 0 Å². The van der Waals surface area contributed by atoms with Crippen LogP contribution in [0.15, 0.2) is 36.4 Å². The number of hydrogen-bond donors (Lipinski definition) is 0. The predicted octanol–water partition coefficient (Wildman–Crippen LogP) is 6.96. The van der Waals surface area contributed by atoms with Crippen molar-refractivity contribution in [2.45, 2.75) is 0 Å². The number of fused-ring (bicyclic) bond motifs is 6. The molecule has 6 aromatic carbocycles. The lowest BCUT2D eigenvalue weighted by Crippen LogP contribution is -2.00. The number of methoxy groups -OCH3 is 8. The van der Waals surface area contributed by atoms with Crippen molar-refractivity contribution in [3.8, 4) is 46.0 Å². The molecular weight excluding hydrogens is 512 g/mol. The molecule has 6 rings (SSSR count). The van der Waals surface area contributed by atoms with E-state index in [1.165, 1.54) is 0 Å². The second-order valence-corrected chi connectivity index (χ2v) is 9.32. The number of ether oxygens (including phenoxy) is 8. The molecule has 40 heavy (non-hydrogen) atoms. The predicted molar refractivity (Wildman–Crippen MR) is 158 cm³/mol. The summed E-state index contributed by atoms with van der Waals surface area (Å²) < 4.78 is 46.7. The minimum Gasteiger partial charge on any atom is -0.493 e. The van der Waals surface area contributed by atoms with Gasteiger partial charge in [0.25, 0.3) is 0 Å². The van der Waals surface area contributed by atoms with E-state index >= 15 is 0 Å². The topological polar surface area (TPSA) is 73.8 Å². The van der Waals surface area contributed by atoms with Crippen LogP contribution in [-0.4, -0.2) is 56.9 Å². The van der Waals surface area contributed by atoms with Gasteiger partial charge in [0.05, 0.1) is 56.9 Å². The number of benzene rings is 6. The van der Waals surface area contributed by atoms with Gasteiger partial charge < -0.3 is 37.9 Å². The molecule has 0 fully saturated rings. The Balaban J connectivity index is 2.08. The lowest BCUT2D eigenvalue weighted by Gasteiger charge is -2.24. The van der Waals surface area contributed by atoms with Crippen LogP contribution in [0.25, 0.3) is 53.9 Å². The lowest BCUT2D eigenvalue weighted by molar-refractivity contribution is 0.355. The van der Waals surface area contributed by atoms with Crippen molar-refractivity contribution < 1.29 is 37.9 Å². The Hall–Kier alpha value is -4.72. The highest BCUT2D eigenvalue weighted by Crippen LogP contribution is 2.56. The van der Waals surface area contributed by atoms with Crippen LogP contribution in [0.3, 0.4) is 0 Å². The van der Waals surface area contributed by atoms with Gasteiger partial charge in [0.1, 0.15) is 0 Å². The summed E-state index contributed by atoms with van der Waals surface area (Å²) in [5.74, 6) is 4.86. The van der Waals surface area contributed by atoms with Crippen molar-refractivity contribution in [1.29, 1.82) is 0 Å². The molecule has 0 radical (unpaired) electrons. The van der Waals surface area contributed by atoms with Gasteiger partial charge in [-0.15, -0.1) is 0 Å². The SMILES string of the molecule is COc1cc2c(cc1OC)c1cc(OC)c(OC)c3c4cc(OC)c(OC)cc4c4c(OC)c(OC)cc2c4c13. The smallest absolute Gasteiger partial charge is 0.169 e. The molecular formula is C32H30O8. The Labute approximate surface area is 231 Å². The standard InChI is InChI=1S/C32H30O8/c1-33-21-9-15-16(10-22(21)34-2)18-14-26(38-6)32(40-8)30-20-12-24(36-4)23(35-3)11-19(20)29-27(28(18)30)17(15)13-25(37-5)31(29)39-7/h9-14H,1-8H3. The largest absolute Gasteiger partial charge is 0.493 e. The van der Waals surface area contributed by atoms with Gasteiger partial charge in [-0.3, -0.25) is 0 Å². The molecule has 0 amide bonds.